The van der Waals surface area contributed by atoms with E-state index in [-0.39, 0.29) is 11.6 Å². The van der Waals surface area contributed by atoms with Crippen LogP contribution in [0.3, 0.4) is 0 Å². The van der Waals surface area contributed by atoms with Crippen LogP contribution in [-0.2, 0) is 0 Å². The van der Waals surface area contributed by atoms with E-state index in [1.54, 1.807) is 24.3 Å². The second-order valence-electron chi connectivity index (χ2n) is 6.57. The van der Waals surface area contributed by atoms with Crippen LogP contribution < -0.4 is 15.4 Å². The first-order valence-electron chi connectivity index (χ1n) is 9.16. The molecule has 0 saturated carbocycles. The van der Waals surface area contributed by atoms with Crippen molar-refractivity contribution in [3.8, 4) is 11.5 Å². The van der Waals surface area contributed by atoms with Gasteiger partial charge in [-0.15, -0.1) is 0 Å². The third-order valence-electron chi connectivity index (χ3n) is 4.57. The lowest BCUT2D eigenvalue weighted by Crippen LogP contribution is -2.37. The summed E-state index contributed by atoms with van der Waals surface area (Å²) in [5, 5.41) is 17.1. The quantitative estimate of drug-likeness (QED) is 0.574. The number of carbonyl (C=O) groups is 1. The standard InChI is InChI=1S/C20H23N3O4/c24-20(22-13-11-16-5-1-2-12-21-16)15-4-3-6-19(14-15)27-18-9-7-17(8-10-18)23(25)26/h3-4,6-10,14,16,21H,1-2,5,11-13H2,(H,22,24). The number of hydrogen-bond acceptors (Lipinski definition) is 5. The van der Waals surface area contributed by atoms with Crippen LogP contribution in [-0.4, -0.2) is 30.0 Å². The third kappa shape index (κ3) is 5.52. The highest BCUT2D eigenvalue weighted by molar-refractivity contribution is 5.94. The van der Waals surface area contributed by atoms with Crippen molar-refractivity contribution in [3.63, 3.8) is 0 Å². The van der Waals surface area contributed by atoms with Crippen molar-refractivity contribution in [1.29, 1.82) is 0 Å². The van der Waals surface area contributed by atoms with Crippen molar-refractivity contribution in [3.05, 3.63) is 64.2 Å². The van der Waals surface area contributed by atoms with Crippen molar-refractivity contribution in [2.24, 2.45) is 0 Å². The third-order valence-corrected chi connectivity index (χ3v) is 4.57. The number of nitrogens with one attached hydrogen (secondary N) is 2. The Morgan fingerprint density at radius 1 is 1.19 bits per heavy atom. The van der Waals surface area contributed by atoms with E-state index in [2.05, 4.69) is 10.6 Å². The van der Waals surface area contributed by atoms with E-state index in [4.69, 9.17) is 4.74 Å². The molecule has 1 fully saturated rings. The summed E-state index contributed by atoms with van der Waals surface area (Å²) in [5.41, 5.74) is 0.522. The van der Waals surface area contributed by atoms with Gasteiger partial charge in [-0.2, -0.15) is 0 Å². The molecule has 0 bridgehead atoms. The van der Waals surface area contributed by atoms with Crippen molar-refractivity contribution >= 4 is 11.6 Å². The van der Waals surface area contributed by atoms with Gasteiger partial charge in [0, 0.05) is 30.3 Å². The van der Waals surface area contributed by atoms with Gasteiger partial charge in [0.25, 0.3) is 11.6 Å². The van der Waals surface area contributed by atoms with E-state index in [0.717, 1.165) is 19.4 Å². The Kier molecular flexibility index (Phi) is 6.38. The molecule has 0 spiro atoms. The van der Waals surface area contributed by atoms with Gasteiger partial charge in [-0.05, 0) is 56.1 Å². The van der Waals surface area contributed by atoms with E-state index in [0.29, 0.717) is 29.6 Å². The van der Waals surface area contributed by atoms with Crippen LogP contribution in [0.2, 0.25) is 0 Å². The predicted octanol–water partition coefficient (Wildman–Crippen LogP) is 3.65. The van der Waals surface area contributed by atoms with Gasteiger partial charge in [0.2, 0.25) is 0 Å². The first-order valence-corrected chi connectivity index (χ1v) is 9.16. The molecule has 1 aliphatic rings. The fourth-order valence-corrected chi connectivity index (χ4v) is 3.11. The van der Waals surface area contributed by atoms with Crippen molar-refractivity contribution in [1.82, 2.24) is 10.6 Å². The van der Waals surface area contributed by atoms with Gasteiger partial charge in [-0.1, -0.05) is 12.5 Å². The molecule has 2 aromatic rings. The number of benzene rings is 2. The number of ether oxygens (including phenoxy) is 1. The Hall–Kier alpha value is -2.93. The summed E-state index contributed by atoms with van der Waals surface area (Å²) in [6, 6.07) is 13.2. The van der Waals surface area contributed by atoms with Crippen molar-refractivity contribution in [2.75, 3.05) is 13.1 Å². The molecule has 1 amide bonds. The van der Waals surface area contributed by atoms with Gasteiger partial charge >= 0.3 is 0 Å². The van der Waals surface area contributed by atoms with Gasteiger partial charge in [-0.3, -0.25) is 14.9 Å². The molecule has 2 N–H and O–H groups in total. The van der Waals surface area contributed by atoms with Gasteiger partial charge < -0.3 is 15.4 Å². The van der Waals surface area contributed by atoms with E-state index in [1.165, 1.54) is 37.1 Å². The van der Waals surface area contributed by atoms with E-state index in [1.807, 2.05) is 0 Å². The van der Waals surface area contributed by atoms with Gasteiger partial charge in [0.1, 0.15) is 11.5 Å². The number of piperidine rings is 1. The molecule has 7 heteroatoms. The number of nitrogens with zero attached hydrogens (tertiary/aromatic N) is 1. The minimum Gasteiger partial charge on any atom is -0.457 e. The summed E-state index contributed by atoms with van der Waals surface area (Å²) >= 11 is 0. The molecule has 3 rings (SSSR count). The fourth-order valence-electron chi connectivity index (χ4n) is 3.11. The predicted molar refractivity (Wildman–Crippen MR) is 102 cm³/mol. The zero-order valence-corrected chi connectivity index (χ0v) is 15.0. The monoisotopic (exact) mass is 369 g/mol. The lowest BCUT2D eigenvalue weighted by atomic mass is 10.0. The number of nitro groups is 1. The smallest absolute Gasteiger partial charge is 0.269 e. The Bertz CT molecular complexity index is 786. The minimum absolute atomic E-state index is 0.00272. The van der Waals surface area contributed by atoms with Gasteiger partial charge in [0.15, 0.2) is 0 Å². The van der Waals surface area contributed by atoms with Crippen LogP contribution in [0.4, 0.5) is 5.69 Å². The number of rotatable bonds is 7. The highest BCUT2D eigenvalue weighted by Crippen LogP contribution is 2.24. The zero-order chi connectivity index (χ0) is 19.1. The molecule has 0 aromatic heterocycles. The summed E-state index contributed by atoms with van der Waals surface area (Å²) in [5.74, 6) is 0.840. The highest BCUT2D eigenvalue weighted by Gasteiger charge is 2.13. The number of carbonyl (C=O) groups excluding carboxylic acids is 1. The number of amides is 1. The van der Waals surface area contributed by atoms with E-state index >= 15 is 0 Å². The van der Waals surface area contributed by atoms with Crippen molar-refractivity contribution < 1.29 is 14.5 Å². The molecule has 27 heavy (non-hydrogen) atoms. The summed E-state index contributed by atoms with van der Waals surface area (Å²) in [6.07, 6.45) is 4.55. The van der Waals surface area contributed by atoms with Gasteiger partial charge in [-0.25, -0.2) is 0 Å². The first kappa shape index (κ1) is 18.8. The van der Waals surface area contributed by atoms with Crippen molar-refractivity contribution in [2.45, 2.75) is 31.7 Å². The summed E-state index contributed by atoms with van der Waals surface area (Å²) in [7, 11) is 0. The lowest BCUT2D eigenvalue weighted by Gasteiger charge is -2.23. The molecule has 0 aliphatic carbocycles. The molecular formula is C20H23N3O4. The maximum Gasteiger partial charge on any atom is 0.269 e. The molecule has 1 saturated heterocycles. The second-order valence-corrected chi connectivity index (χ2v) is 6.57. The minimum atomic E-state index is -0.461. The number of non-ortho nitro benzene ring substituents is 1. The van der Waals surface area contributed by atoms with Crippen LogP contribution in [0.25, 0.3) is 0 Å². The second kappa shape index (κ2) is 9.14. The molecule has 1 heterocycles. The van der Waals surface area contributed by atoms with E-state index < -0.39 is 4.92 Å². The molecule has 1 aliphatic heterocycles. The maximum absolute atomic E-state index is 12.3. The largest absolute Gasteiger partial charge is 0.457 e. The van der Waals surface area contributed by atoms with Gasteiger partial charge in [0.05, 0.1) is 4.92 Å². The summed E-state index contributed by atoms with van der Waals surface area (Å²) in [4.78, 5) is 22.6. The Morgan fingerprint density at radius 3 is 2.70 bits per heavy atom. The Labute approximate surface area is 157 Å². The SMILES string of the molecule is O=C(NCCC1CCCCN1)c1cccc(Oc2ccc([N+](=O)[O-])cc2)c1. The molecular weight excluding hydrogens is 346 g/mol. The van der Waals surface area contributed by atoms with Crippen LogP contribution in [0.1, 0.15) is 36.0 Å². The summed E-state index contributed by atoms with van der Waals surface area (Å²) < 4.78 is 5.69. The topological polar surface area (TPSA) is 93.5 Å². The lowest BCUT2D eigenvalue weighted by molar-refractivity contribution is -0.384. The zero-order valence-electron chi connectivity index (χ0n) is 15.0. The fraction of sp³-hybridized carbons (Fsp3) is 0.350. The molecule has 2 aromatic carbocycles. The molecule has 1 atom stereocenters. The van der Waals surface area contributed by atoms with Crippen LogP contribution in [0.15, 0.2) is 48.5 Å². The van der Waals surface area contributed by atoms with Crippen LogP contribution in [0, 0.1) is 10.1 Å². The van der Waals surface area contributed by atoms with E-state index in [9.17, 15) is 14.9 Å². The average molecular weight is 369 g/mol. The normalized spacial score (nSPS) is 16.5. The Morgan fingerprint density at radius 2 is 2.00 bits per heavy atom. The molecule has 7 nitrogen and oxygen atoms in total. The molecule has 142 valence electrons. The summed E-state index contributed by atoms with van der Waals surface area (Å²) in [6.45, 7) is 1.69. The highest BCUT2D eigenvalue weighted by atomic mass is 16.6. The average Bonchev–Trinajstić information content (AvgIpc) is 2.69. The number of hydrogen-bond donors (Lipinski definition) is 2. The molecule has 0 radical (unpaired) electrons. The first-order chi connectivity index (χ1) is 13.1. The van der Waals surface area contributed by atoms with Crippen LogP contribution >= 0.6 is 0 Å². The number of nitro benzene ring substituents is 1. The molecule has 1 unspecified atom stereocenters. The maximum atomic E-state index is 12.3. The van der Waals surface area contributed by atoms with Crippen LogP contribution in [0.5, 0.6) is 11.5 Å². The Balaban J connectivity index is 1.54.